The summed E-state index contributed by atoms with van der Waals surface area (Å²) in [5, 5.41) is 11.6. The van der Waals surface area contributed by atoms with E-state index < -0.39 is 11.6 Å². The van der Waals surface area contributed by atoms with Gasteiger partial charge in [0.2, 0.25) is 11.6 Å². The average Bonchev–Trinajstić information content (AvgIpc) is 3.24. The predicted molar refractivity (Wildman–Crippen MR) is 120 cm³/mol. The van der Waals surface area contributed by atoms with E-state index >= 15 is 0 Å². The largest absolute Gasteiger partial charge is 0.507 e. The Balaban J connectivity index is 1.48. The van der Waals surface area contributed by atoms with Crippen LogP contribution in [0.15, 0.2) is 0 Å². The molecule has 0 aromatic heterocycles. The molecule has 0 amide bonds. The molecule has 6 nitrogen and oxygen atoms in total. The lowest BCUT2D eigenvalue weighted by Gasteiger charge is -2.44. The first-order chi connectivity index (χ1) is 15.3. The Morgan fingerprint density at radius 3 is 2.03 bits per heavy atom. The van der Waals surface area contributed by atoms with Gasteiger partial charge in [0.1, 0.15) is 17.2 Å². The van der Waals surface area contributed by atoms with E-state index in [2.05, 4.69) is 32.6 Å². The number of fused-ring (bicyclic) bond motifs is 5. The molecule has 0 bridgehead atoms. The van der Waals surface area contributed by atoms with Crippen LogP contribution < -0.4 is 9.47 Å². The fourth-order valence-electron chi connectivity index (χ4n) is 6.88. The molecule has 6 atom stereocenters. The van der Waals surface area contributed by atoms with Crippen molar-refractivity contribution in [2.24, 2.45) is 23.7 Å². The van der Waals surface area contributed by atoms with Gasteiger partial charge < -0.3 is 24.1 Å². The highest BCUT2D eigenvalue weighted by molar-refractivity contribution is 5.64. The minimum atomic E-state index is -0.650. The summed E-state index contributed by atoms with van der Waals surface area (Å²) in [5.41, 5.74) is 2.98. The minimum Gasteiger partial charge on any atom is -0.507 e. The molecule has 0 spiro atoms. The molecule has 6 heteroatoms. The third-order valence-corrected chi connectivity index (χ3v) is 8.94. The molecule has 5 aliphatic rings. The quantitative estimate of drug-likeness (QED) is 0.738. The average molecular weight is 444 g/mol. The van der Waals surface area contributed by atoms with Crippen LogP contribution in [0, 0.1) is 23.7 Å². The standard InChI is InChI=1S/C26H37NO5/c1-15-13-29-25(3)20(15)10-17-22(28)19(12-27-8-6-5-7-9-27)24-18(23(17)31-25)11-21-16(2)14-30-26(21,4)32-24/h15-16,20-21,28H,5-14H2,1-4H3. The molecule has 1 aromatic rings. The summed E-state index contributed by atoms with van der Waals surface area (Å²) < 4.78 is 25.6. The molecule has 176 valence electrons. The zero-order valence-corrected chi connectivity index (χ0v) is 19.9. The Hall–Kier alpha value is -1.50. The third-order valence-electron chi connectivity index (χ3n) is 8.94. The molecule has 0 radical (unpaired) electrons. The number of piperidine rings is 1. The summed E-state index contributed by atoms with van der Waals surface area (Å²) in [4.78, 5) is 2.45. The lowest BCUT2D eigenvalue weighted by molar-refractivity contribution is -0.174. The maximum absolute atomic E-state index is 11.6. The molecule has 6 rings (SSSR count). The highest BCUT2D eigenvalue weighted by Crippen LogP contribution is 2.57. The number of ether oxygens (including phenoxy) is 4. The molecule has 5 heterocycles. The molecule has 1 N–H and O–H groups in total. The van der Waals surface area contributed by atoms with Gasteiger partial charge in [-0.2, -0.15) is 0 Å². The van der Waals surface area contributed by atoms with Gasteiger partial charge in [-0.25, -0.2) is 0 Å². The van der Waals surface area contributed by atoms with Crippen LogP contribution in [0.5, 0.6) is 17.2 Å². The summed E-state index contributed by atoms with van der Waals surface area (Å²) in [6, 6.07) is 0. The lowest BCUT2D eigenvalue weighted by atomic mass is 9.77. The topological polar surface area (TPSA) is 60.4 Å². The second kappa shape index (κ2) is 7.25. The van der Waals surface area contributed by atoms with Crippen LogP contribution in [0.4, 0.5) is 0 Å². The molecule has 6 unspecified atom stereocenters. The van der Waals surface area contributed by atoms with E-state index in [0.717, 1.165) is 54.1 Å². The molecular weight excluding hydrogens is 406 g/mol. The maximum Gasteiger partial charge on any atom is 0.211 e. The van der Waals surface area contributed by atoms with Gasteiger partial charge in [-0.15, -0.1) is 0 Å². The van der Waals surface area contributed by atoms with E-state index in [9.17, 15) is 5.11 Å². The number of rotatable bonds is 2. The Labute approximate surface area is 191 Å². The second-order valence-corrected chi connectivity index (χ2v) is 11.2. The van der Waals surface area contributed by atoms with Crippen LogP contribution >= 0.6 is 0 Å². The van der Waals surface area contributed by atoms with Crippen LogP contribution in [0.3, 0.4) is 0 Å². The van der Waals surface area contributed by atoms with E-state index in [1.165, 1.54) is 19.3 Å². The van der Waals surface area contributed by atoms with Gasteiger partial charge in [-0.3, -0.25) is 4.90 Å². The summed E-state index contributed by atoms with van der Waals surface area (Å²) in [5.74, 6) is 1.98. The number of benzene rings is 1. The van der Waals surface area contributed by atoms with Crippen molar-refractivity contribution in [1.82, 2.24) is 4.90 Å². The lowest BCUT2D eigenvalue weighted by Crippen LogP contribution is -2.47. The van der Waals surface area contributed by atoms with Crippen molar-refractivity contribution in [3.8, 4) is 17.2 Å². The van der Waals surface area contributed by atoms with E-state index in [0.29, 0.717) is 37.3 Å². The zero-order chi connectivity index (χ0) is 22.3. The number of aromatic hydroxyl groups is 1. The molecule has 0 saturated carbocycles. The van der Waals surface area contributed by atoms with Gasteiger partial charge in [0.25, 0.3) is 0 Å². The summed E-state index contributed by atoms with van der Waals surface area (Å²) in [7, 11) is 0. The van der Waals surface area contributed by atoms with Gasteiger partial charge in [-0.1, -0.05) is 20.3 Å². The zero-order valence-electron chi connectivity index (χ0n) is 19.9. The number of hydrogen-bond acceptors (Lipinski definition) is 6. The predicted octanol–water partition coefficient (Wildman–Crippen LogP) is 4.25. The first kappa shape index (κ1) is 21.1. The molecule has 0 aliphatic carbocycles. The minimum absolute atomic E-state index is 0.241. The number of nitrogens with zero attached hydrogens (tertiary/aromatic N) is 1. The van der Waals surface area contributed by atoms with Gasteiger partial charge in [0, 0.05) is 43.4 Å². The van der Waals surface area contributed by atoms with E-state index in [-0.39, 0.29) is 11.8 Å². The highest BCUT2D eigenvalue weighted by atomic mass is 16.7. The first-order valence-electron chi connectivity index (χ1n) is 12.6. The monoisotopic (exact) mass is 443 g/mol. The fourth-order valence-corrected chi connectivity index (χ4v) is 6.88. The molecule has 5 aliphatic heterocycles. The Morgan fingerprint density at radius 2 is 1.41 bits per heavy atom. The number of hydrogen-bond donors (Lipinski definition) is 1. The number of phenolic OH excluding ortho intramolecular Hbond substituents is 1. The van der Waals surface area contributed by atoms with E-state index in [1.54, 1.807) is 0 Å². The van der Waals surface area contributed by atoms with E-state index in [1.807, 2.05) is 0 Å². The fraction of sp³-hybridized carbons (Fsp3) is 0.769. The van der Waals surface area contributed by atoms with Crippen LogP contribution in [-0.2, 0) is 28.9 Å². The van der Waals surface area contributed by atoms with Gasteiger partial charge >= 0.3 is 0 Å². The first-order valence-corrected chi connectivity index (χ1v) is 12.6. The number of likely N-dealkylation sites (tertiary alicyclic amines) is 1. The molecule has 1 aromatic carbocycles. The van der Waals surface area contributed by atoms with Crippen molar-refractivity contribution < 1.29 is 24.1 Å². The normalized spacial score (nSPS) is 40.6. The summed E-state index contributed by atoms with van der Waals surface area (Å²) >= 11 is 0. The Morgan fingerprint density at radius 1 is 0.844 bits per heavy atom. The second-order valence-electron chi connectivity index (χ2n) is 11.2. The van der Waals surface area contributed by atoms with Gasteiger partial charge in [0.15, 0.2) is 0 Å². The highest BCUT2D eigenvalue weighted by Gasteiger charge is 2.55. The van der Waals surface area contributed by atoms with Crippen molar-refractivity contribution >= 4 is 0 Å². The van der Waals surface area contributed by atoms with Crippen LogP contribution in [0.1, 0.15) is 63.6 Å². The van der Waals surface area contributed by atoms with E-state index in [4.69, 9.17) is 18.9 Å². The van der Waals surface area contributed by atoms with Crippen LogP contribution in [0.2, 0.25) is 0 Å². The van der Waals surface area contributed by atoms with Crippen molar-refractivity contribution in [3.63, 3.8) is 0 Å². The van der Waals surface area contributed by atoms with Gasteiger partial charge in [0.05, 0.1) is 18.8 Å². The van der Waals surface area contributed by atoms with Crippen molar-refractivity contribution in [3.05, 3.63) is 16.7 Å². The maximum atomic E-state index is 11.6. The Kier molecular flexibility index (Phi) is 4.77. The van der Waals surface area contributed by atoms with Crippen molar-refractivity contribution in [1.29, 1.82) is 0 Å². The number of phenols is 1. The molecule has 3 saturated heterocycles. The van der Waals surface area contributed by atoms with Crippen molar-refractivity contribution in [2.75, 3.05) is 26.3 Å². The van der Waals surface area contributed by atoms with Crippen molar-refractivity contribution in [2.45, 2.75) is 77.9 Å². The molecular formula is C26H37NO5. The Bertz CT molecular complexity index is 928. The summed E-state index contributed by atoms with van der Waals surface area (Å²) in [6.45, 7) is 12.8. The SMILES string of the molecule is CC1COC2(C)Oc3c(c(O)c(CN4CCCCC4)c4c3CC3C(C)COC3(C)O4)CC12. The molecule has 3 fully saturated rings. The van der Waals surface area contributed by atoms with Gasteiger partial charge in [-0.05, 0) is 50.6 Å². The van der Waals surface area contributed by atoms with Crippen LogP contribution in [0.25, 0.3) is 0 Å². The summed E-state index contributed by atoms with van der Waals surface area (Å²) in [6.07, 6.45) is 5.35. The molecule has 32 heavy (non-hydrogen) atoms. The smallest absolute Gasteiger partial charge is 0.211 e. The van der Waals surface area contributed by atoms with Crippen LogP contribution in [-0.4, -0.2) is 47.9 Å². The third kappa shape index (κ3) is 3.02.